The second-order valence-electron chi connectivity index (χ2n) is 4.55. The predicted octanol–water partition coefficient (Wildman–Crippen LogP) is 2.32. The third kappa shape index (κ3) is 2.19. The second kappa shape index (κ2) is 4.04. The minimum atomic E-state index is -0.191. The molecule has 0 aromatic carbocycles. The van der Waals surface area contributed by atoms with E-state index in [2.05, 4.69) is 22.4 Å². The van der Waals surface area contributed by atoms with Crippen molar-refractivity contribution in [1.29, 1.82) is 0 Å². The first kappa shape index (κ1) is 10.2. The number of hydrogen-bond acceptors (Lipinski definition) is 2. The Morgan fingerprint density at radius 2 is 2.20 bits per heavy atom. The van der Waals surface area contributed by atoms with Crippen molar-refractivity contribution in [3.8, 4) is 0 Å². The highest BCUT2D eigenvalue weighted by Crippen LogP contribution is 2.36. The molecule has 4 heteroatoms. The summed E-state index contributed by atoms with van der Waals surface area (Å²) in [5, 5.41) is 9.42. The van der Waals surface area contributed by atoms with E-state index in [-0.39, 0.29) is 11.3 Å². The molecule has 0 unspecified atom stereocenters. The number of nitrogens with zero attached hydrogens (tertiary/aromatic N) is 1. The second-order valence-corrected chi connectivity index (χ2v) is 4.55. The Labute approximate surface area is 89.5 Å². The zero-order valence-corrected chi connectivity index (χ0v) is 9.05. The minimum Gasteiger partial charge on any atom is -0.311 e. The van der Waals surface area contributed by atoms with Gasteiger partial charge in [0.25, 0.3) is 0 Å². The summed E-state index contributed by atoms with van der Waals surface area (Å²) < 4.78 is 0. The van der Waals surface area contributed by atoms with Crippen molar-refractivity contribution in [2.45, 2.75) is 39.0 Å². The molecule has 82 valence electrons. The SMILES string of the molecule is CC1(C(=O)Nc2ccn[nH]2)CCCCC1. The highest BCUT2D eigenvalue weighted by Gasteiger charge is 2.34. The quantitative estimate of drug-likeness (QED) is 0.781. The first-order valence-electron chi connectivity index (χ1n) is 5.52. The van der Waals surface area contributed by atoms with E-state index < -0.39 is 0 Å². The molecule has 0 radical (unpaired) electrons. The summed E-state index contributed by atoms with van der Waals surface area (Å²) in [5.74, 6) is 0.804. The van der Waals surface area contributed by atoms with Crippen molar-refractivity contribution in [3.63, 3.8) is 0 Å². The molecule has 1 aromatic rings. The number of rotatable bonds is 2. The number of carbonyl (C=O) groups is 1. The zero-order chi connectivity index (χ0) is 10.7. The van der Waals surface area contributed by atoms with Crippen LogP contribution in [0.5, 0.6) is 0 Å². The van der Waals surface area contributed by atoms with Crippen molar-refractivity contribution < 1.29 is 4.79 Å². The maximum absolute atomic E-state index is 12.0. The van der Waals surface area contributed by atoms with Gasteiger partial charge in [0.15, 0.2) is 0 Å². The van der Waals surface area contributed by atoms with Crippen LogP contribution in [-0.2, 0) is 4.79 Å². The Hall–Kier alpha value is -1.32. The van der Waals surface area contributed by atoms with Crippen molar-refractivity contribution in [1.82, 2.24) is 10.2 Å². The Morgan fingerprint density at radius 1 is 1.47 bits per heavy atom. The van der Waals surface area contributed by atoms with Crippen molar-refractivity contribution in [2.75, 3.05) is 5.32 Å². The van der Waals surface area contributed by atoms with E-state index in [4.69, 9.17) is 0 Å². The van der Waals surface area contributed by atoms with Crippen LogP contribution in [0.4, 0.5) is 5.82 Å². The molecule has 0 spiro atoms. The highest BCUT2D eigenvalue weighted by atomic mass is 16.2. The maximum atomic E-state index is 12.0. The molecule has 0 aliphatic heterocycles. The monoisotopic (exact) mass is 207 g/mol. The molecule has 0 saturated heterocycles. The fraction of sp³-hybridized carbons (Fsp3) is 0.636. The van der Waals surface area contributed by atoms with Crippen molar-refractivity contribution >= 4 is 11.7 Å². The summed E-state index contributed by atoms with van der Waals surface area (Å²) in [6, 6.07) is 1.77. The van der Waals surface area contributed by atoms with Crippen LogP contribution in [0, 0.1) is 5.41 Å². The van der Waals surface area contributed by atoms with Crippen LogP contribution in [-0.4, -0.2) is 16.1 Å². The Bertz CT molecular complexity index is 326. The molecule has 1 amide bonds. The number of aromatic amines is 1. The molecule has 1 heterocycles. The van der Waals surface area contributed by atoms with Crippen molar-refractivity contribution in [3.05, 3.63) is 12.3 Å². The summed E-state index contributed by atoms with van der Waals surface area (Å²) in [4.78, 5) is 12.0. The third-order valence-electron chi connectivity index (χ3n) is 3.25. The van der Waals surface area contributed by atoms with Gasteiger partial charge in [-0.05, 0) is 12.8 Å². The average molecular weight is 207 g/mol. The van der Waals surface area contributed by atoms with Crippen LogP contribution in [0.2, 0.25) is 0 Å². The highest BCUT2D eigenvalue weighted by molar-refractivity contribution is 5.94. The number of amides is 1. The molecule has 15 heavy (non-hydrogen) atoms. The number of nitrogens with one attached hydrogen (secondary N) is 2. The van der Waals surface area contributed by atoms with Gasteiger partial charge in [0.05, 0.1) is 6.20 Å². The minimum absolute atomic E-state index is 0.117. The number of aromatic nitrogens is 2. The van der Waals surface area contributed by atoms with Gasteiger partial charge >= 0.3 is 0 Å². The Kier molecular flexibility index (Phi) is 2.75. The van der Waals surface area contributed by atoms with Crippen LogP contribution in [0.1, 0.15) is 39.0 Å². The topological polar surface area (TPSA) is 57.8 Å². The van der Waals surface area contributed by atoms with Crippen molar-refractivity contribution in [2.24, 2.45) is 5.41 Å². The first-order valence-corrected chi connectivity index (χ1v) is 5.52. The molecule has 2 rings (SSSR count). The molecule has 1 aliphatic rings. The molecular weight excluding hydrogens is 190 g/mol. The lowest BCUT2D eigenvalue weighted by Crippen LogP contribution is -2.35. The van der Waals surface area contributed by atoms with E-state index in [0.717, 1.165) is 25.7 Å². The van der Waals surface area contributed by atoms with E-state index in [0.29, 0.717) is 5.82 Å². The lowest BCUT2D eigenvalue weighted by atomic mass is 9.75. The van der Waals surface area contributed by atoms with Crippen LogP contribution in [0.3, 0.4) is 0 Å². The van der Waals surface area contributed by atoms with E-state index in [1.807, 2.05) is 0 Å². The lowest BCUT2D eigenvalue weighted by molar-refractivity contribution is -0.126. The molecule has 1 aromatic heterocycles. The molecule has 0 bridgehead atoms. The number of anilines is 1. The summed E-state index contributed by atoms with van der Waals surface area (Å²) in [6.07, 6.45) is 7.20. The normalized spacial score (nSPS) is 19.8. The Balaban J connectivity index is 2.00. The fourth-order valence-corrected chi connectivity index (χ4v) is 2.16. The average Bonchev–Trinajstić information content (AvgIpc) is 2.71. The molecule has 0 atom stereocenters. The van der Waals surface area contributed by atoms with Gasteiger partial charge < -0.3 is 5.32 Å². The van der Waals surface area contributed by atoms with Gasteiger partial charge in [0.1, 0.15) is 5.82 Å². The molecule has 1 aliphatic carbocycles. The zero-order valence-electron chi connectivity index (χ0n) is 9.05. The molecule has 1 fully saturated rings. The van der Waals surface area contributed by atoms with Crippen LogP contribution in [0.15, 0.2) is 12.3 Å². The smallest absolute Gasteiger partial charge is 0.231 e. The van der Waals surface area contributed by atoms with E-state index in [9.17, 15) is 4.79 Å². The van der Waals surface area contributed by atoms with E-state index in [1.165, 1.54) is 6.42 Å². The van der Waals surface area contributed by atoms with E-state index >= 15 is 0 Å². The van der Waals surface area contributed by atoms with Crippen LogP contribution in [0.25, 0.3) is 0 Å². The molecule has 4 nitrogen and oxygen atoms in total. The van der Waals surface area contributed by atoms with Gasteiger partial charge in [0.2, 0.25) is 5.91 Å². The molecular formula is C11H17N3O. The van der Waals surface area contributed by atoms with Crippen LogP contribution >= 0.6 is 0 Å². The largest absolute Gasteiger partial charge is 0.311 e. The maximum Gasteiger partial charge on any atom is 0.231 e. The number of carbonyl (C=O) groups excluding carboxylic acids is 1. The summed E-state index contributed by atoms with van der Waals surface area (Å²) in [7, 11) is 0. The Morgan fingerprint density at radius 3 is 2.80 bits per heavy atom. The van der Waals surface area contributed by atoms with Gasteiger partial charge in [-0.3, -0.25) is 9.89 Å². The van der Waals surface area contributed by atoms with Gasteiger partial charge in [-0.2, -0.15) is 5.10 Å². The number of hydrogen-bond donors (Lipinski definition) is 2. The van der Waals surface area contributed by atoms with Gasteiger partial charge in [0, 0.05) is 11.5 Å². The fourth-order valence-electron chi connectivity index (χ4n) is 2.16. The van der Waals surface area contributed by atoms with Crippen LogP contribution < -0.4 is 5.32 Å². The number of H-pyrrole nitrogens is 1. The third-order valence-corrected chi connectivity index (χ3v) is 3.25. The standard InChI is InChI=1S/C11H17N3O/c1-11(6-3-2-4-7-11)10(15)13-9-5-8-12-14-9/h5,8H,2-4,6-7H2,1H3,(H2,12,13,14,15). The molecule has 2 N–H and O–H groups in total. The first-order chi connectivity index (χ1) is 7.21. The van der Waals surface area contributed by atoms with Gasteiger partial charge in [-0.25, -0.2) is 0 Å². The summed E-state index contributed by atoms with van der Waals surface area (Å²) in [6.45, 7) is 2.05. The predicted molar refractivity (Wildman–Crippen MR) is 58.4 cm³/mol. The molecule has 1 saturated carbocycles. The lowest BCUT2D eigenvalue weighted by Gasteiger charge is -2.31. The summed E-state index contributed by atoms with van der Waals surface area (Å²) in [5.41, 5.74) is -0.191. The van der Waals surface area contributed by atoms with E-state index in [1.54, 1.807) is 12.3 Å². The van der Waals surface area contributed by atoms with Gasteiger partial charge in [-0.15, -0.1) is 0 Å². The summed E-state index contributed by atoms with van der Waals surface area (Å²) >= 11 is 0. The van der Waals surface area contributed by atoms with Gasteiger partial charge in [-0.1, -0.05) is 26.2 Å².